The number of nitrogens with one attached hydrogen (secondary N) is 2. The molecule has 0 atom stereocenters. The zero-order valence-corrected chi connectivity index (χ0v) is 20.3. The fourth-order valence-corrected chi connectivity index (χ4v) is 3.60. The summed E-state index contributed by atoms with van der Waals surface area (Å²) >= 11 is 0. The normalized spacial score (nSPS) is 13.9. The van der Waals surface area contributed by atoms with E-state index in [1.54, 1.807) is 14.2 Å². The number of anilines is 1. The molecule has 7 nitrogen and oxygen atoms in total. The molecule has 31 heavy (non-hydrogen) atoms. The zero-order chi connectivity index (χ0) is 21.3. The van der Waals surface area contributed by atoms with Crippen LogP contribution in [0.2, 0.25) is 0 Å². The van der Waals surface area contributed by atoms with Crippen LogP contribution in [0.4, 0.5) is 5.69 Å². The summed E-state index contributed by atoms with van der Waals surface area (Å²) < 4.78 is 10.6. The monoisotopic (exact) mass is 538 g/mol. The standard InChI is InChI=1S/C23H30N4O3.HI/c1-29-20-11-10-17(13-21(20)30-2)15-26-23(24)25-14-16-6-5-9-19(12-16)27-22(28)18-7-3-4-8-18;/h5-6,9-13,18H,3-4,7-8,14-15H2,1-2H3,(H,27,28)(H3,24,25,26);1H. The van der Waals surface area contributed by atoms with Gasteiger partial charge >= 0.3 is 0 Å². The van der Waals surface area contributed by atoms with Crippen molar-refractivity contribution >= 4 is 41.5 Å². The van der Waals surface area contributed by atoms with Gasteiger partial charge < -0.3 is 25.8 Å². The van der Waals surface area contributed by atoms with Crippen molar-refractivity contribution in [1.82, 2.24) is 5.32 Å². The Kier molecular flexibility index (Phi) is 9.90. The lowest BCUT2D eigenvalue weighted by molar-refractivity contribution is -0.119. The van der Waals surface area contributed by atoms with Crippen LogP contribution in [0.5, 0.6) is 11.5 Å². The van der Waals surface area contributed by atoms with E-state index in [1.165, 1.54) is 0 Å². The van der Waals surface area contributed by atoms with Crippen molar-refractivity contribution in [3.63, 3.8) is 0 Å². The van der Waals surface area contributed by atoms with Crippen LogP contribution in [-0.4, -0.2) is 26.1 Å². The molecule has 1 aliphatic rings. The maximum Gasteiger partial charge on any atom is 0.227 e. The molecule has 2 aromatic carbocycles. The summed E-state index contributed by atoms with van der Waals surface area (Å²) in [6, 6.07) is 13.4. The number of methoxy groups -OCH3 is 2. The van der Waals surface area contributed by atoms with E-state index in [4.69, 9.17) is 15.2 Å². The number of amides is 1. The first-order chi connectivity index (χ1) is 14.6. The maximum atomic E-state index is 12.3. The topological polar surface area (TPSA) is 98.0 Å². The van der Waals surface area contributed by atoms with Crippen molar-refractivity contribution in [2.24, 2.45) is 16.6 Å². The number of rotatable bonds is 8. The first-order valence-electron chi connectivity index (χ1n) is 10.2. The van der Waals surface area contributed by atoms with Crippen molar-refractivity contribution < 1.29 is 14.3 Å². The lowest BCUT2D eigenvalue weighted by atomic mass is 10.1. The van der Waals surface area contributed by atoms with Crippen LogP contribution in [0.25, 0.3) is 0 Å². The average Bonchev–Trinajstić information content (AvgIpc) is 3.31. The molecule has 3 rings (SSSR count). The van der Waals surface area contributed by atoms with Gasteiger partial charge in [0, 0.05) is 18.2 Å². The number of ether oxygens (including phenoxy) is 2. The van der Waals surface area contributed by atoms with Crippen LogP contribution in [0.15, 0.2) is 47.5 Å². The number of nitrogens with two attached hydrogens (primary N) is 1. The number of hydrogen-bond acceptors (Lipinski definition) is 4. The fraction of sp³-hybridized carbons (Fsp3) is 0.391. The summed E-state index contributed by atoms with van der Waals surface area (Å²) in [7, 11) is 3.21. The lowest BCUT2D eigenvalue weighted by Crippen LogP contribution is -2.31. The number of halogens is 1. The molecule has 0 spiro atoms. The highest BCUT2D eigenvalue weighted by Crippen LogP contribution is 2.27. The fourth-order valence-electron chi connectivity index (χ4n) is 3.60. The number of guanidine groups is 1. The number of nitrogens with zero attached hydrogens (tertiary/aromatic N) is 1. The van der Waals surface area contributed by atoms with Gasteiger partial charge in [-0.1, -0.05) is 31.0 Å². The Balaban J connectivity index is 0.00000341. The molecule has 0 saturated heterocycles. The molecular weight excluding hydrogens is 507 g/mol. The number of benzene rings is 2. The van der Waals surface area contributed by atoms with Crippen LogP contribution >= 0.6 is 24.0 Å². The molecule has 0 radical (unpaired) electrons. The van der Waals surface area contributed by atoms with Gasteiger partial charge in [0.25, 0.3) is 0 Å². The Labute approximate surface area is 200 Å². The van der Waals surface area contributed by atoms with Crippen LogP contribution < -0.4 is 25.8 Å². The van der Waals surface area contributed by atoms with Gasteiger partial charge in [0.2, 0.25) is 5.91 Å². The molecule has 0 aromatic heterocycles. The zero-order valence-electron chi connectivity index (χ0n) is 18.0. The van der Waals surface area contributed by atoms with Crippen LogP contribution in [-0.2, 0) is 17.9 Å². The summed E-state index contributed by atoms with van der Waals surface area (Å²) in [5.74, 6) is 1.96. The molecule has 0 unspecified atom stereocenters. The second-order valence-electron chi connectivity index (χ2n) is 7.42. The predicted octanol–water partition coefficient (Wildman–Crippen LogP) is 4.06. The Morgan fingerprint density at radius 2 is 1.81 bits per heavy atom. The Morgan fingerprint density at radius 3 is 2.52 bits per heavy atom. The van der Waals surface area contributed by atoms with Gasteiger partial charge in [-0.05, 0) is 48.2 Å². The smallest absolute Gasteiger partial charge is 0.227 e. The predicted molar refractivity (Wildman–Crippen MR) is 134 cm³/mol. The molecule has 1 amide bonds. The molecule has 1 saturated carbocycles. The largest absolute Gasteiger partial charge is 0.493 e. The second kappa shape index (κ2) is 12.4. The molecule has 0 aliphatic heterocycles. The van der Waals surface area contributed by atoms with Crippen LogP contribution in [0.3, 0.4) is 0 Å². The minimum absolute atomic E-state index is 0. The summed E-state index contributed by atoms with van der Waals surface area (Å²) in [6.45, 7) is 0.949. The highest BCUT2D eigenvalue weighted by molar-refractivity contribution is 14.0. The third-order valence-corrected chi connectivity index (χ3v) is 5.27. The Bertz CT molecular complexity index is 898. The number of carbonyl (C=O) groups excluding carboxylic acids is 1. The molecule has 168 valence electrons. The van der Waals surface area contributed by atoms with Gasteiger partial charge in [0.1, 0.15) is 0 Å². The number of aliphatic imine (C=N–C) groups is 1. The molecule has 4 N–H and O–H groups in total. The van der Waals surface area contributed by atoms with E-state index in [9.17, 15) is 4.79 Å². The molecular formula is C23H31IN4O3. The van der Waals surface area contributed by atoms with Crippen molar-refractivity contribution in [3.8, 4) is 11.5 Å². The quantitative estimate of drug-likeness (QED) is 0.268. The van der Waals surface area contributed by atoms with Gasteiger partial charge in [-0.25, -0.2) is 4.99 Å². The SMILES string of the molecule is COc1ccc(CNC(N)=NCc2cccc(NC(=O)C3CCCC3)c2)cc1OC.I. The Morgan fingerprint density at radius 1 is 1.06 bits per heavy atom. The minimum atomic E-state index is 0. The van der Waals surface area contributed by atoms with Gasteiger partial charge in [-0.3, -0.25) is 4.79 Å². The van der Waals surface area contributed by atoms with Gasteiger partial charge in [-0.15, -0.1) is 24.0 Å². The van der Waals surface area contributed by atoms with Gasteiger partial charge in [0.05, 0.1) is 20.8 Å². The van der Waals surface area contributed by atoms with E-state index in [1.807, 2.05) is 42.5 Å². The summed E-state index contributed by atoms with van der Waals surface area (Å²) in [5, 5.41) is 6.13. The van der Waals surface area contributed by atoms with Crippen molar-refractivity contribution in [1.29, 1.82) is 0 Å². The molecule has 8 heteroatoms. The van der Waals surface area contributed by atoms with Gasteiger partial charge in [-0.2, -0.15) is 0 Å². The maximum absolute atomic E-state index is 12.3. The van der Waals surface area contributed by atoms with E-state index < -0.39 is 0 Å². The lowest BCUT2D eigenvalue weighted by Gasteiger charge is -2.11. The van der Waals surface area contributed by atoms with Crippen molar-refractivity contribution in [2.45, 2.75) is 38.8 Å². The minimum Gasteiger partial charge on any atom is -0.493 e. The molecule has 1 aliphatic carbocycles. The number of carbonyl (C=O) groups is 1. The first kappa shape index (κ1) is 24.8. The third-order valence-electron chi connectivity index (χ3n) is 5.27. The van der Waals surface area contributed by atoms with E-state index in [2.05, 4.69) is 15.6 Å². The van der Waals surface area contributed by atoms with Crippen LogP contribution in [0, 0.1) is 5.92 Å². The molecule has 0 bridgehead atoms. The molecule has 0 heterocycles. The van der Waals surface area contributed by atoms with Crippen molar-refractivity contribution in [3.05, 3.63) is 53.6 Å². The van der Waals surface area contributed by atoms with E-state index in [0.717, 1.165) is 42.5 Å². The van der Waals surface area contributed by atoms with Crippen molar-refractivity contribution in [2.75, 3.05) is 19.5 Å². The summed E-state index contributed by atoms with van der Waals surface area (Å²) in [4.78, 5) is 16.7. The third kappa shape index (κ3) is 7.30. The summed E-state index contributed by atoms with van der Waals surface area (Å²) in [5.41, 5.74) is 8.80. The van der Waals surface area contributed by atoms with E-state index in [-0.39, 0.29) is 35.8 Å². The second-order valence-corrected chi connectivity index (χ2v) is 7.42. The highest BCUT2D eigenvalue weighted by Gasteiger charge is 2.22. The highest BCUT2D eigenvalue weighted by atomic mass is 127. The molecule has 1 fully saturated rings. The first-order valence-corrected chi connectivity index (χ1v) is 10.2. The molecule has 2 aromatic rings. The van der Waals surface area contributed by atoms with Crippen LogP contribution in [0.1, 0.15) is 36.8 Å². The van der Waals surface area contributed by atoms with E-state index in [0.29, 0.717) is 30.5 Å². The van der Waals surface area contributed by atoms with Gasteiger partial charge in [0.15, 0.2) is 17.5 Å². The summed E-state index contributed by atoms with van der Waals surface area (Å²) in [6.07, 6.45) is 4.25. The number of hydrogen-bond donors (Lipinski definition) is 3. The average molecular weight is 538 g/mol. The Hall–Kier alpha value is -2.49. The van der Waals surface area contributed by atoms with E-state index >= 15 is 0 Å².